The second kappa shape index (κ2) is 41.3. The maximum absolute atomic E-state index is 12.2. The van der Waals surface area contributed by atoms with Crippen molar-refractivity contribution in [3.63, 3.8) is 0 Å². The largest absolute Gasteiger partial charge is 0.394 e. The minimum Gasteiger partial charge on any atom is -0.394 e. The number of hydrogen-bond acceptors (Lipinski definition) is 3. The monoisotopic (exact) mass is 690 g/mol. The van der Waals surface area contributed by atoms with Gasteiger partial charge in [0.25, 0.3) is 0 Å². The number of aliphatic hydroxyl groups is 2. The predicted molar refractivity (Wildman–Crippen MR) is 216 cm³/mol. The summed E-state index contributed by atoms with van der Waals surface area (Å²) in [5.41, 5.74) is 0. The molecular formula is C45H87NO3. The zero-order valence-corrected chi connectivity index (χ0v) is 33.2. The van der Waals surface area contributed by atoms with Gasteiger partial charge in [0.15, 0.2) is 0 Å². The number of hydrogen-bond donors (Lipinski definition) is 3. The van der Waals surface area contributed by atoms with Gasteiger partial charge in [0.05, 0.1) is 18.8 Å². The summed E-state index contributed by atoms with van der Waals surface area (Å²) >= 11 is 0. The molecule has 0 bridgehead atoms. The fourth-order valence-electron chi connectivity index (χ4n) is 6.78. The van der Waals surface area contributed by atoms with Gasteiger partial charge in [-0.2, -0.15) is 0 Å². The van der Waals surface area contributed by atoms with E-state index in [2.05, 4.69) is 31.3 Å². The molecule has 0 aliphatic rings. The highest BCUT2D eigenvalue weighted by Gasteiger charge is 2.17. The standard InChI is InChI=1S/C45H87NO3/c1-3-5-7-9-11-12-13-14-15-16-17-18-19-20-21-22-23-24-25-26-27-28-29-30-31-32-33-34-35-36-38-40-44(48)43(42-47)46-45(49)41-39-37-10-8-6-4-2/h33-34,38,40,43-44,47-48H,3-32,35-37,39,41-42H2,1-2H3,(H,46,49)/b34-33+,40-38+. The third kappa shape index (κ3) is 37.9. The molecule has 0 aliphatic carbocycles. The molecular weight excluding hydrogens is 602 g/mol. The zero-order valence-electron chi connectivity index (χ0n) is 33.2. The van der Waals surface area contributed by atoms with Crippen LogP contribution in [-0.2, 0) is 4.79 Å². The Labute approximate surface area is 307 Å². The lowest BCUT2D eigenvalue weighted by molar-refractivity contribution is -0.123. The maximum Gasteiger partial charge on any atom is 0.220 e. The lowest BCUT2D eigenvalue weighted by Crippen LogP contribution is -2.45. The van der Waals surface area contributed by atoms with Crippen molar-refractivity contribution in [1.29, 1.82) is 0 Å². The number of aliphatic hydroxyl groups excluding tert-OH is 2. The van der Waals surface area contributed by atoms with Crippen molar-refractivity contribution >= 4 is 5.91 Å². The summed E-state index contributed by atoms with van der Waals surface area (Å²) in [7, 11) is 0. The summed E-state index contributed by atoms with van der Waals surface area (Å²) in [6.07, 6.45) is 53.4. The Morgan fingerprint density at radius 1 is 0.469 bits per heavy atom. The number of amides is 1. The van der Waals surface area contributed by atoms with Crippen LogP contribution in [0.5, 0.6) is 0 Å². The van der Waals surface area contributed by atoms with Gasteiger partial charge in [-0.25, -0.2) is 0 Å². The van der Waals surface area contributed by atoms with Crippen LogP contribution in [0.25, 0.3) is 0 Å². The molecule has 0 rings (SSSR count). The van der Waals surface area contributed by atoms with Crippen LogP contribution in [0.4, 0.5) is 0 Å². The van der Waals surface area contributed by atoms with E-state index in [0.29, 0.717) is 6.42 Å². The molecule has 49 heavy (non-hydrogen) atoms. The molecule has 0 aromatic carbocycles. The number of carbonyl (C=O) groups excluding carboxylic acids is 1. The molecule has 0 spiro atoms. The molecule has 4 nitrogen and oxygen atoms in total. The molecule has 0 aromatic heterocycles. The Balaban J connectivity index is 3.42. The summed E-state index contributed by atoms with van der Waals surface area (Å²) in [4.78, 5) is 12.2. The molecule has 0 saturated carbocycles. The molecule has 0 saturated heterocycles. The molecule has 0 aromatic rings. The summed E-state index contributed by atoms with van der Waals surface area (Å²) in [5, 5.41) is 22.8. The molecule has 3 N–H and O–H groups in total. The quantitative estimate of drug-likeness (QED) is 0.0443. The highest BCUT2D eigenvalue weighted by Crippen LogP contribution is 2.16. The summed E-state index contributed by atoms with van der Waals surface area (Å²) < 4.78 is 0. The number of allylic oxidation sites excluding steroid dienone is 3. The maximum atomic E-state index is 12.2. The van der Waals surface area contributed by atoms with Crippen molar-refractivity contribution in [2.45, 2.75) is 251 Å². The molecule has 4 heteroatoms. The fraction of sp³-hybridized carbons (Fsp3) is 0.889. The van der Waals surface area contributed by atoms with Crippen molar-refractivity contribution < 1.29 is 15.0 Å². The topological polar surface area (TPSA) is 69.6 Å². The Morgan fingerprint density at radius 3 is 1.18 bits per heavy atom. The Hall–Kier alpha value is -1.13. The molecule has 1 amide bonds. The van der Waals surface area contributed by atoms with Crippen LogP contribution in [0.15, 0.2) is 24.3 Å². The normalized spacial score (nSPS) is 13.1. The van der Waals surface area contributed by atoms with E-state index >= 15 is 0 Å². The lowest BCUT2D eigenvalue weighted by atomic mass is 10.0. The van der Waals surface area contributed by atoms with E-state index in [0.717, 1.165) is 32.1 Å². The molecule has 2 atom stereocenters. The molecule has 0 radical (unpaired) electrons. The summed E-state index contributed by atoms with van der Waals surface area (Å²) in [6, 6.07) is -0.632. The van der Waals surface area contributed by atoms with E-state index in [4.69, 9.17) is 0 Å². The number of carbonyl (C=O) groups is 1. The van der Waals surface area contributed by atoms with Crippen LogP contribution in [0, 0.1) is 0 Å². The van der Waals surface area contributed by atoms with E-state index in [1.165, 1.54) is 186 Å². The van der Waals surface area contributed by atoms with Gasteiger partial charge in [-0.15, -0.1) is 0 Å². The van der Waals surface area contributed by atoms with Crippen molar-refractivity contribution in [3.8, 4) is 0 Å². The Kier molecular flexibility index (Phi) is 40.3. The van der Waals surface area contributed by atoms with Gasteiger partial charge in [-0.1, -0.05) is 224 Å². The van der Waals surface area contributed by atoms with Crippen LogP contribution < -0.4 is 5.32 Å². The SMILES string of the molecule is CCCCCCCCCCCCCCCCCCCCCCCCCCC/C=C/CC/C=C/C(O)C(CO)NC(=O)CCCCCCCC. The first kappa shape index (κ1) is 47.9. The van der Waals surface area contributed by atoms with Crippen LogP contribution in [0.1, 0.15) is 239 Å². The van der Waals surface area contributed by atoms with Gasteiger partial charge in [0.1, 0.15) is 0 Å². The predicted octanol–water partition coefficient (Wildman–Crippen LogP) is 13.6. The average Bonchev–Trinajstić information content (AvgIpc) is 3.11. The number of nitrogens with one attached hydrogen (secondary N) is 1. The highest BCUT2D eigenvalue weighted by molar-refractivity contribution is 5.76. The third-order valence-corrected chi connectivity index (χ3v) is 10.2. The van der Waals surface area contributed by atoms with Crippen LogP contribution in [0.3, 0.4) is 0 Å². The van der Waals surface area contributed by atoms with Crippen molar-refractivity contribution in [2.24, 2.45) is 0 Å². The van der Waals surface area contributed by atoms with E-state index in [-0.39, 0.29) is 12.5 Å². The van der Waals surface area contributed by atoms with E-state index in [1.807, 2.05) is 6.08 Å². The second-order valence-corrected chi connectivity index (χ2v) is 15.1. The lowest BCUT2D eigenvalue weighted by Gasteiger charge is -2.19. The van der Waals surface area contributed by atoms with Gasteiger partial charge < -0.3 is 15.5 Å². The van der Waals surface area contributed by atoms with Crippen LogP contribution >= 0.6 is 0 Å². The smallest absolute Gasteiger partial charge is 0.220 e. The van der Waals surface area contributed by atoms with Gasteiger partial charge >= 0.3 is 0 Å². The van der Waals surface area contributed by atoms with Gasteiger partial charge in [-0.3, -0.25) is 4.79 Å². The zero-order chi connectivity index (χ0) is 35.7. The first-order chi connectivity index (χ1) is 24.2. The first-order valence-corrected chi connectivity index (χ1v) is 22.1. The molecule has 290 valence electrons. The average molecular weight is 690 g/mol. The first-order valence-electron chi connectivity index (χ1n) is 22.1. The summed E-state index contributed by atoms with van der Waals surface area (Å²) in [5.74, 6) is -0.0826. The van der Waals surface area contributed by atoms with Crippen molar-refractivity contribution in [1.82, 2.24) is 5.32 Å². The van der Waals surface area contributed by atoms with Crippen LogP contribution in [-0.4, -0.2) is 34.9 Å². The van der Waals surface area contributed by atoms with Gasteiger partial charge in [0.2, 0.25) is 5.91 Å². The van der Waals surface area contributed by atoms with E-state index < -0.39 is 12.1 Å². The molecule has 0 heterocycles. The van der Waals surface area contributed by atoms with Gasteiger partial charge in [-0.05, 0) is 32.1 Å². The highest BCUT2D eigenvalue weighted by atomic mass is 16.3. The van der Waals surface area contributed by atoms with Gasteiger partial charge in [0, 0.05) is 6.42 Å². The number of unbranched alkanes of at least 4 members (excludes halogenated alkanes) is 31. The molecule has 0 aliphatic heterocycles. The minimum atomic E-state index is -0.855. The Morgan fingerprint density at radius 2 is 0.796 bits per heavy atom. The Bertz CT molecular complexity index is 705. The summed E-state index contributed by atoms with van der Waals surface area (Å²) in [6.45, 7) is 4.24. The van der Waals surface area contributed by atoms with Crippen LogP contribution in [0.2, 0.25) is 0 Å². The van der Waals surface area contributed by atoms with E-state index in [1.54, 1.807) is 6.08 Å². The minimum absolute atomic E-state index is 0.0826. The second-order valence-electron chi connectivity index (χ2n) is 15.1. The van der Waals surface area contributed by atoms with E-state index in [9.17, 15) is 15.0 Å². The fourth-order valence-corrected chi connectivity index (χ4v) is 6.78. The van der Waals surface area contributed by atoms with Crippen molar-refractivity contribution in [3.05, 3.63) is 24.3 Å². The van der Waals surface area contributed by atoms with Crippen molar-refractivity contribution in [2.75, 3.05) is 6.61 Å². The third-order valence-electron chi connectivity index (χ3n) is 10.2. The molecule has 0 fully saturated rings. The molecule has 2 unspecified atom stereocenters. The number of rotatable bonds is 40.